The van der Waals surface area contributed by atoms with Crippen molar-refractivity contribution in [2.75, 3.05) is 13.1 Å². The van der Waals surface area contributed by atoms with E-state index in [1.165, 1.54) is 12.1 Å². The van der Waals surface area contributed by atoms with Gasteiger partial charge >= 0.3 is 6.18 Å². The highest BCUT2D eigenvalue weighted by atomic mass is 19.4. The summed E-state index contributed by atoms with van der Waals surface area (Å²) in [6.07, 6.45) is -4.31. The van der Waals surface area contributed by atoms with Crippen molar-refractivity contribution >= 4 is 5.91 Å². The molecule has 0 spiro atoms. The molecule has 0 aromatic heterocycles. The van der Waals surface area contributed by atoms with Gasteiger partial charge in [-0.15, -0.1) is 0 Å². The molecule has 1 aliphatic rings. The fraction of sp³-hybridized carbons (Fsp3) is 0.588. The first-order valence-corrected chi connectivity index (χ1v) is 7.88. The smallest absolute Gasteiger partial charge is 0.340 e. The van der Waals surface area contributed by atoms with E-state index in [1.807, 2.05) is 13.8 Å². The lowest BCUT2D eigenvalue weighted by Crippen LogP contribution is -2.55. The molecule has 1 fully saturated rings. The molecule has 1 amide bonds. The van der Waals surface area contributed by atoms with Crippen molar-refractivity contribution in [1.29, 1.82) is 0 Å². The van der Waals surface area contributed by atoms with Crippen LogP contribution in [0.4, 0.5) is 13.2 Å². The van der Waals surface area contributed by atoms with Crippen molar-refractivity contribution in [2.45, 2.75) is 51.4 Å². The summed E-state index contributed by atoms with van der Waals surface area (Å²) >= 11 is 0. The van der Waals surface area contributed by atoms with Gasteiger partial charge in [0, 0.05) is 31.6 Å². The minimum Gasteiger partial charge on any atom is -0.340 e. The summed E-state index contributed by atoms with van der Waals surface area (Å²) in [6.45, 7) is 6.86. The number of amides is 1. The Kier molecular flexibility index (Phi) is 5.34. The molecule has 1 aromatic rings. The first kappa shape index (κ1) is 17.8. The molecule has 1 heterocycles. The van der Waals surface area contributed by atoms with E-state index in [-0.39, 0.29) is 30.0 Å². The summed E-state index contributed by atoms with van der Waals surface area (Å²) in [4.78, 5) is 14.2. The number of carbonyl (C=O) groups excluding carboxylic acids is 1. The van der Waals surface area contributed by atoms with Crippen LogP contribution in [0.25, 0.3) is 0 Å². The molecule has 1 aromatic carbocycles. The van der Waals surface area contributed by atoms with Gasteiger partial charge in [-0.2, -0.15) is 13.2 Å². The Bertz CT molecular complexity index is 549. The maximum absolute atomic E-state index is 13.1. The molecule has 0 unspecified atom stereocenters. The van der Waals surface area contributed by atoms with E-state index < -0.39 is 17.7 Å². The quantitative estimate of drug-likeness (QED) is 0.922. The molecule has 0 bridgehead atoms. The van der Waals surface area contributed by atoms with E-state index >= 15 is 0 Å². The number of halogens is 3. The van der Waals surface area contributed by atoms with Gasteiger partial charge in [-0.1, -0.05) is 25.1 Å². The van der Waals surface area contributed by atoms with Crippen molar-refractivity contribution in [3.63, 3.8) is 0 Å². The number of benzene rings is 1. The third-order valence-corrected chi connectivity index (χ3v) is 4.19. The molecule has 0 saturated carbocycles. The van der Waals surface area contributed by atoms with E-state index in [4.69, 9.17) is 0 Å². The largest absolute Gasteiger partial charge is 0.416 e. The second-order valence-electron chi connectivity index (χ2n) is 6.46. The Labute approximate surface area is 134 Å². The van der Waals surface area contributed by atoms with Gasteiger partial charge in [-0.05, 0) is 31.4 Å². The summed E-state index contributed by atoms with van der Waals surface area (Å²) in [7, 11) is 0. The van der Waals surface area contributed by atoms with Crippen molar-refractivity contribution in [3.05, 3.63) is 35.4 Å². The Balaban J connectivity index is 2.10. The topological polar surface area (TPSA) is 32.3 Å². The third-order valence-electron chi connectivity index (χ3n) is 4.19. The van der Waals surface area contributed by atoms with Crippen LogP contribution in [0.3, 0.4) is 0 Å². The number of hydrogen-bond donors (Lipinski definition) is 1. The first-order chi connectivity index (χ1) is 10.7. The maximum Gasteiger partial charge on any atom is 0.416 e. The van der Waals surface area contributed by atoms with Crippen molar-refractivity contribution in [2.24, 2.45) is 0 Å². The van der Waals surface area contributed by atoms with Gasteiger partial charge in [0.15, 0.2) is 0 Å². The molecule has 128 valence electrons. The van der Waals surface area contributed by atoms with Crippen LogP contribution < -0.4 is 5.32 Å². The predicted molar refractivity (Wildman–Crippen MR) is 83.1 cm³/mol. The zero-order valence-electron chi connectivity index (χ0n) is 13.7. The predicted octanol–water partition coefficient (Wildman–Crippen LogP) is 3.41. The van der Waals surface area contributed by atoms with Gasteiger partial charge in [-0.25, -0.2) is 0 Å². The molecule has 2 rings (SSSR count). The number of rotatable bonds is 3. The van der Waals surface area contributed by atoms with Gasteiger partial charge in [0.1, 0.15) is 0 Å². The van der Waals surface area contributed by atoms with Crippen LogP contribution in [-0.2, 0) is 11.0 Å². The Morgan fingerprint density at radius 3 is 2.39 bits per heavy atom. The standard InChI is InChI=1S/C17H23F3N2O/c1-11(14-6-4-5-7-15(14)17(18,19)20)8-16(23)22-9-12(2)21-13(3)10-22/h4-7,11-13,21H,8-10H2,1-3H3/t11-,12+,13+/m0/s1. The maximum atomic E-state index is 13.1. The van der Waals surface area contributed by atoms with Crippen molar-refractivity contribution in [3.8, 4) is 0 Å². The number of nitrogens with zero attached hydrogens (tertiary/aromatic N) is 1. The fourth-order valence-corrected chi connectivity index (χ4v) is 3.22. The van der Waals surface area contributed by atoms with Gasteiger partial charge in [0.25, 0.3) is 0 Å². The molecule has 1 aliphatic heterocycles. The minimum atomic E-state index is -4.40. The molecule has 3 nitrogen and oxygen atoms in total. The molecule has 0 radical (unpaired) electrons. The molecule has 0 aliphatic carbocycles. The first-order valence-electron chi connectivity index (χ1n) is 7.88. The minimum absolute atomic E-state index is 0.0883. The molecular weight excluding hydrogens is 305 g/mol. The number of piperazine rings is 1. The second-order valence-corrected chi connectivity index (χ2v) is 6.46. The highest BCUT2D eigenvalue weighted by Crippen LogP contribution is 2.36. The summed E-state index contributed by atoms with van der Waals surface area (Å²) in [6, 6.07) is 5.89. The molecule has 1 N–H and O–H groups in total. The van der Waals surface area contributed by atoms with Gasteiger partial charge in [0.2, 0.25) is 5.91 Å². The normalized spacial score (nSPS) is 23.7. The van der Waals surface area contributed by atoms with Crippen LogP contribution in [0.1, 0.15) is 44.2 Å². The summed E-state index contributed by atoms with van der Waals surface area (Å²) in [5.41, 5.74) is -0.466. The Morgan fingerprint density at radius 1 is 1.26 bits per heavy atom. The SMILES string of the molecule is C[C@@H]1CN(C(=O)C[C@H](C)c2ccccc2C(F)(F)F)C[C@@H](C)N1. The molecular formula is C17H23F3N2O. The van der Waals surface area contributed by atoms with E-state index in [1.54, 1.807) is 17.9 Å². The monoisotopic (exact) mass is 328 g/mol. The zero-order chi connectivity index (χ0) is 17.2. The molecule has 3 atom stereocenters. The summed E-state index contributed by atoms with van der Waals surface area (Å²) < 4.78 is 39.3. The molecule has 6 heteroatoms. The lowest BCUT2D eigenvalue weighted by atomic mass is 9.92. The van der Waals surface area contributed by atoms with Crippen LogP contribution >= 0.6 is 0 Å². The number of nitrogens with one attached hydrogen (secondary N) is 1. The van der Waals surface area contributed by atoms with Gasteiger partial charge in [0.05, 0.1) is 5.56 Å². The average molecular weight is 328 g/mol. The average Bonchev–Trinajstić information content (AvgIpc) is 2.45. The van der Waals surface area contributed by atoms with Crippen molar-refractivity contribution in [1.82, 2.24) is 10.2 Å². The van der Waals surface area contributed by atoms with Gasteiger partial charge < -0.3 is 10.2 Å². The fourth-order valence-electron chi connectivity index (χ4n) is 3.22. The number of carbonyl (C=O) groups is 1. The van der Waals surface area contributed by atoms with E-state index in [2.05, 4.69) is 5.32 Å². The molecule has 23 heavy (non-hydrogen) atoms. The molecule has 1 saturated heterocycles. The highest BCUT2D eigenvalue weighted by Gasteiger charge is 2.35. The summed E-state index contributed by atoms with van der Waals surface area (Å²) in [5.74, 6) is -0.560. The second kappa shape index (κ2) is 6.91. The summed E-state index contributed by atoms with van der Waals surface area (Å²) in [5, 5.41) is 3.34. The number of alkyl halides is 3. The van der Waals surface area contributed by atoms with Crippen LogP contribution in [-0.4, -0.2) is 36.0 Å². The van der Waals surface area contributed by atoms with Crippen LogP contribution in [0.5, 0.6) is 0 Å². The van der Waals surface area contributed by atoms with Crippen molar-refractivity contribution < 1.29 is 18.0 Å². The Morgan fingerprint density at radius 2 is 1.83 bits per heavy atom. The lowest BCUT2D eigenvalue weighted by Gasteiger charge is -2.36. The van der Waals surface area contributed by atoms with E-state index in [0.29, 0.717) is 13.1 Å². The van der Waals surface area contributed by atoms with E-state index in [0.717, 1.165) is 6.07 Å². The Hall–Kier alpha value is -1.56. The van der Waals surface area contributed by atoms with Gasteiger partial charge in [-0.3, -0.25) is 4.79 Å². The number of hydrogen-bond acceptors (Lipinski definition) is 2. The van der Waals surface area contributed by atoms with Crippen LogP contribution in [0.15, 0.2) is 24.3 Å². The van der Waals surface area contributed by atoms with Crippen LogP contribution in [0, 0.1) is 0 Å². The van der Waals surface area contributed by atoms with Crippen LogP contribution in [0.2, 0.25) is 0 Å². The van der Waals surface area contributed by atoms with E-state index in [9.17, 15) is 18.0 Å². The lowest BCUT2D eigenvalue weighted by molar-refractivity contribution is -0.139. The highest BCUT2D eigenvalue weighted by molar-refractivity contribution is 5.77. The zero-order valence-corrected chi connectivity index (χ0v) is 13.7. The third kappa shape index (κ3) is 4.47.